The first-order valence-corrected chi connectivity index (χ1v) is 3.60. The first kappa shape index (κ1) is 13.4. The van der Waals surface area contributed by atoms with E-state index in [2.05, 4.69) is 0 Å². The lowest BCUT2D eigenvalue weighted by atomic mass is 9.83. The molecule has 0 aromatic heterocycles. The Bertz CT molecular complexity index is 268. The topological polar surface area (TPSA) is 0 Å². The second-order valence-corrected chi connectivity index (χ2v) is 3.22. The standard InChI is InChI=1S/C6H2F10/c7-1-3(9,10)2(8)5(13,14)6(15,16)4(1,11)12/h1-2H. The van der Waals surface area contributed by atoms with Crippen LogP contribution in [0.3, 0.4) is 0 Å². The van der Waals surface area contributed by atoms with Crippen molar-refractivity contribution in [2.75, 3.05) is 0 Å². The lowest BCUT2D eigenvalue weighted by Gasteiger charge is -2.44. The maximum Gasteiger partial charge on any atom is 0.378 e. The molecule has 2 unspecified atom stereocenters. The molecule has 0 heterocycles. The minimum Gasteiger partial charge on any atom is -0.234 e. The molecule has 0 N–H and O–H groups in total. The molecular formula is C6H2F10. The van der Waals surface area contributed by atoms with Gasteiger partial charge in [-0.3, -0.25) is 0 Å². The van der Waals surface area contributed by atoms with Crippen LogP contribution in [0.1, 0.15) is 0 Å². The van der Waals surface area contributed by atoms with Crippen LogP contribution in [0.5, 0.6) is 0 Å². The van der Waals surface area contributed by atoms with E-state index in [0.717, 1.165) is 0 Å². The normalized spacial score (nSPS) is 39.4. The molecule has 1 fully saturated rings. The quantitative estimate of drug-likeness (QED) is 0.589. The third kappa shape index (κ3) is 1.18. The van der Waals surface area contributed by atoms with Crippen molar-refractivity contribution in [1.29, 1.82) is 0 Å². The zero-order valence-electron chi connectivity index (χ0n) is 6.93. The molecule has 1 aliphatic carbocycles. The minimum absolute atomic E-state index is 5.02. The molecule has 1 saturated carbocycles. The molecule has 2 atom stereocenters. The lowest BCUT2D eigenvalue weighted by molar-refractivity contribution is -0.407. The van der Waals surface area contributed by atoms with Crippen LogP contribution in [-0.2, 0) is 0 Å². The van der Waals surface area contributed by atoms with Gasteiger partial charge in [-0.05, 0) is 0 Å². The van der Waals surface area contributed by atoms with Gasteiger partial charge in [0.25, 0.3) is 0 Å². The van der Waals surface area contributed by atoms with Gasteiger partial charge in [0.15, 0.2) is 0 Å². The summed E-state index contributed by atoms with van der Waals surface area (Å²) in [7, 11) is 0. The summed E-state index contributed by atoms with van der Waals surface area (Å²) in [6, 6.07) is 0. The summed E-state index contributed by atoms with van der Waals surface area (Å²) in [6.45, 7) is 0. The molecule has 0 aliphatic heterocycles. The van der Waals surface area contributed by atoms with Gasteiger partial charge in [-0.1, -0.05) is 0 Å². The van der Waals surface area contributed by atoms with Crippen molar-refractivity contribution in [1.82, 2.24) is 0 Å². The summed E-state index contributed by atoms with van der Waals surface area (Å²) in [5, 5.41) is 0. The number of rotatable bonds is 0. The molecule has 0 nitrogen and oxygen atoms in total. The van der Waals surface area contributed by atoms with Crippen LogP contribution in [0.25, 0.3) is 0 Å². The minimum atomic E-state index is -6.53. The number of hydrogen-bond donors (Lipinski definition) is 0. The second kappa shape index (κ2) is 2.95. The van der Waals surface area contributed by atoms with Gasteiger partial charge in [-0.15, -0.1) is 0 Å². The Morgan fingerprint density at radius 3 is 1.06 bits per heavy atom. The monoisotopic (exact) mass is 264 g/mol. The highest BCUT2D eigenvalue weighted by Gasteiger charge is 2.88. The first-order valence-electron chi connectivity index (χ1n) is 3.60. The summed E-state index contributed by atoms with van der Waals surface area (Å²) in [6.07, 6.45) is -10.0. The van der Waals surface area contributed by atoms with Gasteiger partial charge in [-0.2, -0.15) is 35.1 Å². The van der Waals surface area contributed by atoms with Crippen LogP contribution >= 0.6 is 0 Å². The SMILES string of the molecule is FC1C(F)(F)C(F)C(F)(F)C(F)(F)C1(F)F. The Morgan fingerprint density at radius 1 is 0.562 bits per heavy atom. The molecule has 0 amide bonds. The first-order chi connectivity index (χ1) is 6.81. The van der Waals surface area contributed by atoms with Crippen molar-refractivity contribution >= 4 is 0 Å². The van der Waals surface area contributed by atoms with Crippen molar-refractivity contribution in [2.24, 2.45) is 0 Å². The molecule has 0 spiro atoms. The van der Waals surface area contributed by atoms with E-state index in [1.165, 1.54) is 0 Å². The van der Waals surface area contributed by atoms with E-state index in [1.54, 1.807) is 0 Å². The highest BCUT2D eigenvalue weighted by molar-refractivity contribution is 5.16. The fourth-order valence-corrected chi connectivity index (χ4v) is 1.15. The Labute approximate surface area is 81.2 Å². The Kier molecular flexibility index (Phi) is 2.46. The van der Waals surface area contributed by atoms with Crippen LogP contribution in [0, 0.1) is 0 Å². The van der Waals surface area contributed by atoms with E-state index in [9.17, 15) is 43.9 Å². The zero-order chi connectivity index (χ0) is 13.2. The highest BCUT2D eigenvalue weighted by atomic mass is 19.4. The van der Waals surface area contributed by atoms with Gasteiger partial charge in [0.1, 0.15) is 0 Å². The van der Waals surface area contributed by atoms with Crippen molar-refractivity contribution in [3.8, 4) is 0 Å². The number of hydrogen-bond acceptors (Lipinski definition) is 0. The number of halogens is 10. The third-order valence-electron chi connectivity index (χ3n) is 2.15. The fraction of sp³-hybridized carbons (Fsp3) is 1.00. The average Bonchev–Trinajstić information content (AvgIpc) is 2.13. The molecule has 0 aromatic rings. The van der Waals surface area contributed by atoms with E-state index in [-0.39, 0.29) is 0 Å². The van der Waals surface area contributed by atoms with Crippen molar-refractivity contribution in [2.45, 2.75) is 36.0 Å². The lowest BCUT2D eigenvalue weighted by Crippen LogP contribution is -2.74. The van der Waals surface area contributed by atoms with Gasteiger partial charge in [0.2, 0.25) is 12.3 Å². The van der Waals surface area contributed by atoms with Gasteiger partial charge < -0.3 is 0 Å². The van der Waals surface area contributed by atoms with Crippen molar-refractivity contribution in [3.63, 3.8) is 0 Å². The van der Waals surface area contributed by atoms with Gasteiger partial charge in [0.05, 0.1) is 0 Å². The largest absolute Gasteiger partial charge is 0.378 e. The van der Waals surface area contributed by atoms with Crippen molar-refractivity contribution < 1.29 is 43.9 Å². The molecule has 0 aromatic carbocycles. The third-order valence-corrected chi connectivity index (χ3v) is 2.15. The summed E-state index contributed by atoms with van der Waals surface area (Å²) in [4.78, 5) is 0. The molecule has 16 heavy (non-hydrogen) atoms. The molecule has 0 radical (unpaired) electrons. The van der Waals surface area contributed by atoms with Gasteiger partial charge >= 0.3 is 23.7 Å². The van der Waals surface area contributed by atoms with Crippen molar-refractivity contribution in [3.05, 3.63) is 0 Å². The van der Waals surface area contributed by atoms with Crippen LogP contribution in [0.15, 0.2) is 0 Å². The molecular weight excluding hydrogens is 262 g/mol. The summed E-state index contributed by atoms with van der Waals surface area (Å²) >= 11 is 0. The molecule has 0 bridgehead atoms. The van der Waals surface area contributed by atoms with Crippen LogP contribution < -0.4 is 0 Å². The van der Waals surface area contributed by atoms with Crippen LogP contribution in [0.2, 0.25) is 0 Å². The predicted octanol–water partition coefficient (Wildman–Crippen LogP) is 3.22. The Balaban J connectivity index is 3.40. The van der Waals surface area contributed by atoms with Gasteiger partial charge in [0, 0.05) is 0 Å². The average molecular weight is 264 g/mol. The maximum absolute atomic E-state index is 12.3. The van der Waals surface area contributed by atoms with E-state index < -0.39 is 36.0 Å². The van der Waals surface area contributed by atoms with Crippen LogP contribution in [0.4, 0.5) is 43.9 Å². The fourth-order valence-electron chi connectivity index (χ4n) is 1.15. The highest BCUT2D eigenvalue weighted by Crippen LogP contribution is 2.60. The van der Waals surface area contributed by atoms with E-state index in [1.807, 2.05) is 0 Å². The predicted molar refractivity (Wildman–Crippen MR) is 29.6 cm³/mol. The smallest absolute Gasteiger partial charge is 0.234 e. The maximum atomic E-state index is 12.3. The number of alkyl halides is 10. The molecule has 1 aliphatic rings. The molecule has 10 heteroatoms. The Hall–Kier alpha value is -0.700. The molecule has 96 valence electrons. The van der Waals surface area contributed by atoms with E-state index >= 15 is 0 Å². The Morgan fingerprint density at radius 2 is 0.812 bits per heavy atom. The van der Waals surface area contributed by atoms with Gasteiger partial charge in [-0.25, -0.2) is 8.78 Å². The summed E-state index contributed by atoms with van der Waals surface area (Å²) in [5.74, 6) is -25.1. The van der Waals surface area contributed by atoms with E-state index in [4.69, 9.17) is 0 Å². The zero-order valence-corrected chi connectivity index (χ0v) is 6.93. The summed E-state index contributed by atoms with van der Waals surface area (Å²) < 4.78 is 123. The second-order valence-electron chi connectivity index (χ2n) is 3.22. The summed E-state index contributed by atoms with van der Waals surface area (Å²) in [5.41, 5.74) is 0. The molecule has 1 rings (SSSR count). The van der Waals surface area contributed by atoms with E-state index in [0.29, 0.717) is 0 Å². The molecule has 0 saturated heterocycles. The van der Waals surface area contributed by atoms with Crippen LogP contribution in [-0.4, -0.2) is 36.0 Å².